The number of benzene rings is 2. The molecule has 2 aliphatic heterocycles. The standard InChI is InChI=1S/C23H24BrN3O/c24-19-8-6-18(7-9-19)23(10-3-12-26-14-16-28-17-15-26)21-5-2-1-4-20(21)22-25-11-13-27(22)23/h1-2,4-9,11,13H,3,10,12,14-17H2. The molecule has 0 amide bonds. The Labute approximate surface area is 174 Å². The van der Waals surface area contributed by atoms with Gasteiger partial charge in [0.05, 0.1) is 18.8 Å². The average Bonchev–Trinajstić information content (AvgIpc) is 3.32. The van der Waals surface area contributed by atoms with Crippen molar-refractivity contribution < 1.29 is 4.74 Å². The monoisotopic (exact) mass is 437 g/mol. The predicted molar refractivity (Wildman–Crippen MR) is 114 cm³/mol. The normalized spacial score (nSPS) is 21.5. The first kappa shape index (κ1) is 18.1. The van der Waals surface area contributed by atoms with Gasteiger partial charge in [0, 0.05) is 35.5 Å². The number of rotatable bonds is 5. The van der Waals surface area contributed by atoms with Gasteiger partial charge in [0.2, 0.25) is 0 Å². The average molecular weight is 438 g/mol. The molecule has 2 aromatic carbocycles. The number of aromatic nitrogens is 2. The molecule has 3 aromatic rings. The molecule has 0 aliphatic carbocycles. The molecule has 4 nitrogen and oxygen atoms in total. The molecule has 1 unspecified atom stereocenters. The van der Waals surface area contributed by atoms with Gasteiger partial charge in [0.25, 0.3) is 0 Å². The van der Waals surface area contributed by atoms with E-state index >= 15 is 0 Å². The van der Waals surface area contributed by atoms with E-state index in [0.29, 0.717) is 0 Å². The number of nitrogens with zero attached hydrogens (tertiary/aromatic N) is 3. The van der Waals surface area contributed by atoms with Gasteiger partial charge in [-0.1, -0.05) is 52.3 Å². The molecule has 1 fully saturated rings. The van der Waals surface area contributed by atoms with Gasteiger partial charge in [-0.15, -0.1) is 0 Å². The van der Waals surface area contributed by atoms with Crippen LogP contribution in [0.5, 0.6) is 0 Å². The van der Waals surface area contributed by atoms with Gasteiger partial charge >= 0.3 is 0 Å². The van der Waals surface area contributed by atoms with Crippen molar-refractivity contribution in [3.05, 3.63) is 76.5 Å². The summed E-state index contributed by atoms with van der Waals surface area (Å²) in [5, 5.41) is 0. The van der Waals surface area contributed by atoms with E-state index in [1.807, 2.05) is 6.20 Å². The number of morpholine rings is 1. The maximum absolute atomic E-state index is 5.50. The molecule has 3 heterocycles. The van der Waals surface area contributed by atoms with Crippen molar-refractivity contribution in [2.75, 3.05) is 32.8 Å². The summed E-state index contributed by atoms with van der Waals surface area (Å²) in [4.78, 5) is 7.22. The fraction of sp³-hybridized carbons (Fsp3) is 0.348. The zero-order valence-corrected chi connectivity index (χ0v) is 17.4. The minimum absolute atomic E-state index is 0.199. The van der Waals surface area contributed by atoms with Crippen molar-refractivity contribution in [2.45, 2.75) is 18.4 Å². The lowest BCUT2D eigenvalue weighted by atomic mass is 9.79. The van der Waals surface area contributed by atoms with E-state index in [4.69, 9.17) is 9.72 Å². The van der Waals surface area contributed by atoms with Gasteiger partial charge in [-0.25, -0.2) is 4.98 Å². The lowest BCUT2D eigenvalue weighted by molar-refractivity contribution is 0.0365. The smallest absolute Gasteiger partial charge is 0.141 e. The summed E-state index contributed by atoms with van der Waals surface area (Å²) in [6.07, 6.45) is 6.25. The molecule has 28 heavy (non-hydrogen) atoms. The van der Waals surface area contributed by atoms with Crippen LogP contribution in [0.25, 0.3) is 11.4 Å². The highest BCUT2D eigenvalue weighted by Gasteiger charge is 2.44. The van der Waals surface area contributed by atoms with Gasteiger partial charge in [0.15, 0.2) is 0 Å². The van der Waals surface area contributed by atoms with Crippen molar-refractivity contribution in [2.24, 2.45) is 0 Å². The van der Waals surface area contributed by atoms with E-state index in [-0.39, 0.29) is 5.54 Å². The second-order valence-corrected chi connectivity index (χ2v) is 8.51. The fourth-order valence-corrected chi connectivity index (χ4v) is 5.05. The largest absolute Gasteiger partial charge is 0.379 e. The van der Waals surface area contributed by atoms with Crippen molar-refractivity contribution >= 4 is 15.9 Å². The molecule has 0 N–H and O–H groups in total. The summed E-state index contributed by atoms with van der Waals surface area (Å²) in [5.41, 5.74) is 3.74. The van der Waals surface area contributed by atoms with Crippen molar-refractivity contribution in [1.82, 2.24) is 14.5 Å². The Morgan fingerprint density at radius 2 is 1.82 bits per heavy atom. The Hall–Kier alpha value is -1.95. The molecule has 1 saturated heterocycles. The predicted octanol–water partition coefficient (Wildman–Crippen LogP) is 4.53. The topological polar surface area (TPSA) is 30.3 Å². The van der Waals surface area contributed by atoms with E-state index in [9.17, 15) is 0 Å². The quantitative estimate of drug-likeness (QED) is 0.587. The highest BCUT2D eigenvalue weighted by molar-refractivity contribution is 9.10. The van der Waals surface area contributed by atoms with E-state index in [1.165, 1.54) is 16.7 Å². The van der Waals surface area contributed by atoms with Crippen LogP contribution in [0, 0.1) is 0 Å². The number of hydrogen-bond acceptors (Lipinski definition) is 3. The number of hydrogen-bond donors (Lipinski definition) is 0. The lowest BCUT2D eigenvalue weighted by Crippen LogP contribution is -2.38. The van der Waals surface area contributed by atoms with Gasteiger partial charge in [0.1, 0.15) is 5.82 Å². The van der Waals surface area contributed by atoms with Crippen LogP contribution in [-0.2, 0) is 10.3 Å². The van der Waals surface area contributed by atoms with Gasteiger partial charge < -0.3 is 9.30 Å². The van der Waals surface area contributed by atoms with Crippen molar-refractivity contribution in [3.8, 4) is 11.4 Å². The summed E-state index contributed by atoms with van der Waals surface area (Å²) in [5.74, 6) is 1.07. The molecule has 5 rings (SSSR count). The van der Waals surface area contributed by atoms with Crippen LogP contribution in [0.1, 0.15) is 24.0 Å². The Balaban J connectivity index is 1.55. The maximum atomic E-state index is 5.50. The highest BCUT2D eigenvalue weighted by Crippen LogP contribution is 2.49. The number of ether oxygens (including phenoxy) is 1. The van der Waals surface area contributed by atoms with E-state index in [0.717, 1.165) is 56.0 Å². The van der Waals surface area contributed by atoms with E-state index in [1.54, 1.807) is 0 Å². The summed E-state index contributed by atoms with van der Waals surface area (Å²) in [6, 6.07) is 17.6. The second-order valence-electron chi connectivity index (χ2n) is 7.59. The zero-order chi connectivity index (χ0) is 19.0. The third kappa shape index (κ3) is 2.93. The molecule has 144 valence electrons. The van der Waals surface area contributed by atoms with Crippen LogP contribution in [-0.4, -0.2) is 47.3 Å². The molecule has 0 spiro atoms. The number of halogens is 1. The Kier molecular flexibility index (Phi) is 4.83. The van der Waals surface area contributed by atoms with Crippen molar-refractivity contribution in [1.29, 1.82) is 0 Å². The third-order valence-electron chi connectivity index (χ3n) is 6.10. The Bertz CT molecular complexity index is 962. The van der Waals surface area contributed by atoms with E-state index in [2.05, 4.69) is 80.1 Å². The first-order valence-corrected chi connectivity index (χ1v) is 10.8. The van der Waals surface area contributed by atoms with Crippen LogP contribution in [0.3, 0.4) is 0 Å². The summed E-state index contributed by atoms with van der Waals surface area (Å²) < 4.78 is 9.00. The van der Waals surface area contributed by atoms with Crippen LogP contribution in [0.2, 0.25) is 0 Å². The van der Waals surface area contributed by atoms with Crippen molar-refractivity contribution in [3.63, 3.8) is 0 Å². The van der Waals surface area contributed by atoms with Crippen LogP contribution in [0.15, 0.2) is 65.4 Å². The van der Waals surface area contributed by atoms with Crippen LogP contribution < -0.4 is 0 Å². The first-order valence-electron chi connectivity index (χ1n) is 9.99. The lowest BCUT2D eigenvalue weighted by Gasteiger charge is -2.35. The Morgan fingerprint density at radius 1 is 1.04 bits per heavy atom. The molecule has 5 heteroatoms. The molecule has 1 aromatic heterocycles. The zero-order valence-electron chi connectivity index (χ0n) is 15.9. The molecule has 0 saturated carbocycles. The molecule has 0 bridgehead atoms. The first-order chi connectivity index (χ1) is 13.8. The third-order valence-corrected chi connectivity index (χ3v) is 6.63. The minimum atomic E-state index is -0.199. The SMILES string of the molecule is Brc1ccc(C2(CCCN3CCOCC3)c3ccccc3-c3nccn32)cc1. The summed E-state index contributed by atoms with van der Waals surface area (Å²) in [6.45, 7) is 4.89. The summed E-state index contributed by atoms with van der Waals surface area (Å²) in [7, 11) is 0. The van der Waals surface area contributed by atoms with Gasteiger partial charge in [-0.05, 0) is 42.6 Å². The number of imidazole rings is 1. The molecule has 2 aliphatic rings. The Morgan fingerprint density at radius 3 is 2.64 bits per heavy atom. The molecular weight excluding hydrogens is 414 g/mol. The highest BCUT2D eigenvalue weighted by atomic mass is 79.9. The van der Waals surface area contributed by atoms with E-state index < -0.39 is 0 Å². The minimum Gasteiger partial charge on any atom is -0.379 e. The van der Waals surface area contributed by atoms with Gasteiger partial charge in [-0.3, -0.25) is 4.90 Å². The molecular formula is C23H24BrN3O. The second kappa shape index (κ2) is 7.47. The van der Waals surface area contributed by atoms with Crippen LogP contribution in [0.4, 0.5) is 0 Å². The molecule has 0 radical (unpaired) electrons. The summed E-state index contributed by atoms with van der Waals surface area (Å²) >= 11 is 3.59. The van der Waals surface area contributed by atoms with Gasteiger partial charge in [-0.2, -0.15) is 0 Å². The molecule has 1 atom stereocenters. The maximum Gasteiger partial charge on any atom is 0.141 e. The van der Waals surface area contributed by atoms with Crippen LogP contribution >= 0.6 is 15.9 Å². The fourth-order valence-electron chi connectivity index (χ4n) is 4.78. The number of fused-ring (bicyclic) bond motifs is 3.